The number of methoxy groups -OCH3 is 1. The fourth-order valence-corrected chi connectivity index (χ4v) is 3.93. The molecule has 170 valence electrons. The topological polar surface area (TPSA) is 115 Å². The molecule has 1 unspecified atom stereocenters. The largest absolute Gasteiger partial charge is 0.496 e. The van der Waals surface area contributed by atoms with Gasteiger partial charge in [-0.05, 0) is 48.7 Å². The summed E-state index contributed by atoms with van der Waals surface area (Å²) in [6, 6.07) is 16.8. The van der Waals surface area contributed by atoms with Crippen molar-refractivity contribution in [3.8, 4) is 11.6 Å². The van der Waals surface area contributed by atoms with Crippen LogP contribution in [0.2, 0.25) is 0 Å². The molecule has 4 N–H and O–H groups in total. The van der Waals surface area contributed by atoms with E-state index in [2.05, 4.69) is 22.2 Å². The van der Waals surface area contributed by atoms with Crippen molar-refractivity contribution in [3.63, 3.8) is 0 Å². The summed E-state index contributed by atoms with van der Waals surface area (Å²) >= 11 is 0. The van der Waals surface area contributed by atoms with Crippen molar-refractivity contribution in [2.24, 2.45) is 5.73 Å². The maximum atomic E-state index is 11.9. The number of carboxylic acids is 1. The van der Waals surface area contributed by atoms with E-state index in [1.807, 2.05) is 47.0 Å². The Balaban J connectivity index is 1.79. The van der Waals surface area contributed by atoms with Gasteiger partial charge in [0.05, 0.1) is 24.2 Å². The predicted molar refractivity (Wildman–Crippen MR) is 128 cm³/mol. The number of ether oxygens (including phenoxy) is 1. The number of benzene rings is 2. The van der Waals surface area contributed by atoms with E-state index in [0.717, 1.165) is 34.3 Å². The van der Waals surface area contributed by atoms with Crippen LogP contribution >= 0.6 is 0 Å². The van der Waals surface area contributed by atoms with Crippen LogP contribution in [0.15, 0.2) is 60.9 Å². The number of carbonyl (C=O) groups is 1. The lowest BCUT2D eigenvalue weighted by atomic mass is 10.0. The summed E-state index contributed by atoms with van der Waals surface area (Å²) < 4.78 is 7.37. The standard InChI is InChI=1S/C25H27N5O3/c1-3-16-13-20-21(14-22(16)33-2)30(15-27-20)23-10-9-18(25(31)32)24(29-23)28-19(11-12-26)17-7-5-4-6-8-17/h4-10,13-15,19H,3,11-12,26H2,1-2H3,(H,28,29)(H,31,32). The first-order valence-corrected chi connectivity index (χ1v) is 10.9. The molecule has 0 saturated heterocycles. The fraction of sp³-hybridized carbons (Fsp3) is 0.240. The van der Waals surface area contributed by atoms with Crippen molar-refractivity contribution in [3.05, 3.63) is 77.6 Å². The van der Waals surface area contributed by atoms with Crippen molar-refractivity contribution in [1.82, 2.24) is 14.5 Å². The smallest absolute Gasteiger partial charge is 0.339 e. The minimum absolute atomic E-state index is 0.0898. The van der Waals surface area contributed by atoms with Gasteiger partial charge in [0.1, 0.15) is 29.3 Å². The van der Waals surface area contributed by atoms with Crippen molar-refractivity contribution >= 4 is 22.8 Å². The number of nitrogens with zero attached hydrogens (tertiary/aromatic N) is 3. The highest BCUT2D eigenvalue weighted by Gasteiger charge is 2.19. The molecule has 4 aromatic rings. The van der Waals surface area contributed by atoms with Crippen LogP contribution in [0.5, 0.6) is 5.75 Å². The van der Waals surface area contributed by atoms with E-state index in [-0.39, 0.29) is 17.4 Å². The van der Waals surface area contributed by atoms with E-state index < -0.39 is 5.97 Å². The van der Waals surface area contributed by atoms with Crippen molar-refractivity contribution in [1.29, 1.82) is 0 Å². The van der Waals surface area contributed by atoms with E-state index in [4.69, 9.17) is 10.5 Å². The lowest BCUT2D eigenvalue weighted by molar-refractivity contribution is 0.0697. The van der Waals surface area contributed by atoms with Gasteiger partial charge in [-0.1, -0.05) is 37.3 Å². The normalized spacial score (nSPS) is 12.0. The monoisotopic (exact) mass is 445 g/mol. The SMILES string of the molecule is CCc1cc2ncn(-c3ccc(C(=O)O)c(NC(CCN)c4ccccc4)n3)c2cc1OC. The molecule has 2 heterocycles. The zero-order chi connectivity index (χ0) is 23.4. The molecule has 0 spiro atoms. The molecular weight excluding hydrogens is 418 g/mol. The summed E-state index contributed by atoms with van der Waals surface area (Å²) in [4.78, 5) is 21.1. The molecule has 0 radical (unpaired) electrons. The molecule has 2 aromatic carbocycles. The van der Waals surface area contributed by atoms with Gasteiger partial charge < -0.3 is 20.9 Å². The molecule has 0 bridgehead atoms. The second kappa shape index (κ2) is 9.70. The molecule has 1 atom stereocenters. The molecule has 0 saturated carbocycles. The third-order valence-corrected chi connectivity index (χ3v) is 5.66. The summed E-state index contributed by atoms with van der Waals surface area (Å²) in [7, 11) is 1.64. The number of carboxylic acid groups (broad SMARTS) is 1. The minimum Gasteiger partial charge on any atom is -0.496 e. The summed E-state index contributed by atoms with van der Waals surface area (Å²) in [6.45, 7) is 2.51. The molecule has 33 heavy (non-hydrogen) atoms. The van der Waals surface area contributed by atoms with E-state index in [1.165, 1.54) is 0 Å². The van der Waals surface area contributed by atoms with Gasteiger partial charge in [-0.3, -0.25) is 4.57 Å². The van der Waals surface area contributed by atoms with Gasteiger partial charge in [0, 0.05) is 6.07 Å². The van der Waals surface area contributed by atoms with Gasteiger partial charge in [0.15, 0.2) is 0 Å². The number of aryl methyl sites for hydroxylation is 1. The van der Waals surface area contributed by atoms with Crippen LogP contribution in [0.25, 0.3) is 16.9 Å². The number of hydrogen-bond donors (Lipinski definition) is 3. The number of hydrogen-bond acceptors (Lipinski definition) is 6. The Bertz CT molecular complexity index is 1270. The maximum absolute atomic E-state index is 11.9. The molecule has 0 aliphatic heterocycles. The Labute approximate surface area is 192 Å². The maximum Gasteiger partial charge on any atom is 0.339 e. The third-order valence-electron chi connectivity index (χ3n) is 5.66. The second-order valence-electron chi connectivity index (χ2n) is 7.68. The number of nitrogens with one attached hydrogen (secondary N) is 1. The number of imidazole rings is 1. The Morgan fingerprint density at radius 3 is 2.67 bits per heavy atom. The first-order chi connectivity index (χ1) is 16.0. The Kier molecular flexibility index (Phi) is 6.55. The Hall–Kier alpha value is -3.91. The summed E-state index contributed by atoms with van der Waals surface area (Å²) in [5.74, 6) is 0.553. The molecule has 8 heteroatoms. The van der Waals surface area contributed by atoms with Crippen molar-refractivity contribution < 1.29 is 14.6 Å². The highest BCUT2D eigenvalue weighted by Crippen LogP contribution is 2.29. The molecule has 8 nitrogen and oxygen atoms in total. The van der Waals surface area contributed by atoms with Crippen LogP contribution in [0, 0.1) is 0 Å². The van der Waals surface area contributed by atoms with Gasteiger partial charge in [-0.25, -0.2) is 14.8 Å². The number of nitrogens with two attached hydrogens (primary N) is 1. The lowest BCUT2D eigenvalue weighted by Crippen LogP contribution is -2.18. The number of anilines is 1. The number of fused-ring (bicyclic) bond motifs is 1. The Morgan fingerprint density at radius 2 is 2.00 bits per heavy atom. The van der Waals surface area contributed by atoms with Gasteiger partial charge >= 0.3 is 5.97 Å². The molecule has 4 rings (SSSR count). The summed E-state index contributed by atoms with van der Waals surface area (Å²) in [6.07, 6.45) is 3.14. The van der Waals surface area contributed by atoms with Crippen LogP contribution in [-0.2, 0) is 6.42 Å². The minimum atomic E-state index is -1.05. The van der Waals surface area contributed by atoms with Gasteiger partial charge in [0.25, 0.3) is 0 Å². The molecule has 0 fully saturated rings. The van der Waals surface area contributed by atoms with Gasteiger partial charge in [-0.2, -0.15) is 0 Å². The first kappa shape index (κ1) is 22.3. The molecule has 0 aliphatic rings. The fourth-order valence-electron chi connectivity index (χ4n) is 3.93. The number of pyridine rings is 1. The molecule has 0 amide bonds. The van der Waals surface area contributed by atoms with Crippen LogP contribution in [-0.4, -0.2) is 39.3 Å². The average molecular weight is 446 g/mol. The van der Waals surface area contributed by atoms with Crippen molar-refractivity contribution in [2.75, 3.05) is 19.0 Å². The lowest BCUT2D eigenvalue weighted by Gasteiger charge is -2.21. The van der Waals surface area contributed by atoms with Crippen molar-refractivity contribution in [2.45, 2.75) is 25.8 Å². The van der Waals surface area contributed by atoms with E-state index >= 15 is 0 Å². The summed E-state index contributed by atoms with van der Waals surface area (Å²) in [5, 5.41) is 13.1. The first-order valence-electron chi connectivity index (χ1n) is 10.9. The van der Waals surface area contributed by atoms with Crippen LogP contribution in [0.3, 0.4) is 0 Å². The van der Waals surface area contributed by atoms with Crippen LogP contribution < -0.4 is 15.8 Å². The third kappa shape index (κ3) is 4.51. The number of rotatable bonds is 9. The van der Waals surface area contributed by atoms with Crippen LogP contribution in [0.1, 0.15) is 40.9 Å². The predicted octanol–water partition coefficient (Wildman–Crippen LogP) is 4.19. The molecular formula is C25H27N5O3. The zero-order valence-corrected chi connectivity index (χ0v) is 18.7. The highest BCUT2D eigenvalue weighted by atomic mass is 16.5. The number of aromatic carboxylic acids is 1. The quantitative estimate of drug-likeness (QED) is 0.354. The molecule has 0 aliphatic carbocycles. The van der Waals surface area contributed by atoms with Crippen LogP contribution in [0.4, 0.5) is 5.82 Å². The Morgan fingerprint density at radius 1 is 1.21 bits per heavy atom. The van der Waals surface area contributed by atoms with E-state index in [9.17, 15) is 9.90 Å². The second-order valence-corrected chi connectivity index (χ2v) is 7.68. The van der Waals surface area contributed by atoms with E-state index in [0.29, 0.717) is 18.8 Å². The zero-order valence-electron chi connectivity index (χ0n) is 18.7. The number of aromatic nitrogens is 3. The highest BCUT2D eigenvalue weighted by molar-refractivity contribution is 5.93. The molecule has 2 aromatic heterocycles. The van der Waals surface area contributed by atoms with Gasteiger partial charge in [-0.15, -0.1) is 0 Å². The summed E-state index contributed by atoms with van der Waals surface area (Å²) in [5.41, 5.74) is 9.65. The van der Waals surface area contributed by atoms with E-state index in [1.54, 1.807) is 25.6 Å². The average Bonchev–Trinajstić information content (AvgIpc) is 3.26. The van der Waals surface area contributed by atoms with Gasteiger partial charge in [0.2, 0.25) is 0 Å².